The lowest BCUT2D eigenvalue weighted by Gasteiger charge is -2.08. The van der Waals surface area contributed by atoms with Crippen LogP contribution in [0.25, 0.3) is 0 Å². The molecule has 2 saturated heterocycles. The van der Waals surface area contributed by atoms with E-state index >= 15 is 0 Å². The summed E-state index contributed by atoms with van der Waals surface area (Å²) in [7, 11) is 3.30. The maximum absolute atomic E-state index is 5.54. The Hall–Kier alpha value is 0.340. The van der Waals surface area contributed by atoms with E-state index in [1.807, 2.05) is 0 Å². The van der Waals surface area contributed by atoms with E-state index in [0.29, 0.717) is 26.4 Å². The summed E-state index contributed by atoms with van der Waals surface area (Å²) in [5.74, 6) is 0. The zero-order valence-corrected chi connectivity index (χ0v) is 12.4. The second-order valence-electron chi connectivity index (χ2n) is 3.95. The number of hydrogen-bond donors (Lipinski definition) is 2. The van der Waals surface area contributed by atoms with Gasteiger partial charge in [-0.05, 0) is 0 Å². The van der Waals surface area contributed by atoms with Crippen LogP contribution >= 0.6 is 24.8 Å². The van der Waals surface area contributed by atoms with Gasteiger partial charge in [-0.25, -0.2) is 0 Å². The first-order valence-corrected chi connectivity index (χ1v) is 5.41. The van der Waals surface area contributed by atoms with Crippen LogP contribution < -0.4 is 11.5 Å². The van der Waals surface area contributed by atoms with Crippen molar-refractivity contribution in [2.24, 2.45) is 11.5 Å². The Bertz CT molecular complexity index is 183. The maximum Gasteiger partial charge on any atom is 0.0977 e. The van der Waals surface area contributed by atoms with E-state index in [2.05, 4.69) is 0 Å². The molecule has 0 aliphatic carbocycles. The molecule has 0 spiro atoms. The van der Waals surface area contributed by atoms with E-state index in [9.17, 15) is 0 Å². The molecule has 0 amide bonds. The molecule has 2 heterocycles. The molecule has 112 valence electrons. The summed E-state index contributed by atoms with van der Waals surface area (Å²) in [6, 6.07) is 0.167. The highest BCUT2D eigenvalue weighted by Crippen LogP contribution is 2.05. The SMILES string of the molecule is CO[C@@H]1COC[C@@H]1N.CO[C@H]1COC[C@H]1N.Cl.Cl. The van der Waals surface area contributed by atoms with Crippen LogP contribution in [-0.2, 0) is 18.9 Å². The van der Waals surface area contributed by atoms with Crippen molar-refractivity contribution in [2.75, 3.05) is 40.6 Å². The number of ether oxygens (including phenoxy) is 4. The number of nitrogens with two attached hydrogens (primary N) is 2. The normalized spacial score (nSPS) is 34.0. The van der Waals surface area contributed by atoms with Crippen molar-refractivity contribution in [1.29, 1.82) is 0 Å². The fraction of sp³-hybridized carbons (Fsp3) is 1.00. The number of hydrogen-bond acceptors (Lipinski definition) is 6. The molecular weight excluding hydrogens is 283 g/mol. The Kier molecular flexibility index (Phi) is 12.8. The zero-order chi connectivity index (χ0) is 12.0. The van der Waals surface area contributed by atoms with E-state index in [1.54, 1.807) is 14.2 Å². The first-order chi connectivity index (χ1) is 7.69. The third-order valence-corrected chi connectivity index (χ3v) is 2.75. The van der Waals surface area contributed by atoms with Crippen LogP contribution in [0.2, 0.25) is 0 Å². The average Bonchev–Trinajstić information content (AvgIpc) is 2.87. The van der Waals surface area contributed by atoms with E-state index in [1.165, 1.54) is 0 Å². The van der Waals surface area contributed by atoms with Crippen LogP contribution in [0.5, 0.6) is 0 Å². The predicted molar refractivity (Wildman–Crippen MR) is 73.7 cm³/mol. The average molecular weight is 307 g/mol. The lowest BCUT2D eigenvalue weighted by atomic mass is 10.2. The maximum atomic E-state index is 5.54. The molecule has 0 unspecified atom stereocenters. The topological polar surface area (TPSA) is 89.0 Å². The Balaban J connectivity index is 0. The molecule has 2 fully saturated rings. The standard InChI is InChI=1S/2C5H11NO2.2ClH/c2*1-7-5-3-8-2-4(5)6;;/h2*4-5H,2-3,6H2,1H3;2*1H/t2*4-,5+;;/m10../s1. The summed E-state index contributed by atoms with van der Waals surface area (Å²) >= 11 is 0. The van der Waals surface area contributed by atoms with Gasteiger partial charge in [-0.1, -0.05) is 0 Å². The Morgan fingerprint density at radius 1 is 0.778 bits per heavy atom. The van der Waals surface area contributed by atoms with Crippen molar-refractivity contribution in [3.8, 4) is 0 Å². The molecule has 2 aliphatic heterocycles. The highest BCUT2D eigenvalue weighted by atomic mass is 35.5. The third kappa shape index (κ3) is 6.49. The first-order valence-electron chi connectivity index (χ1n) is 5.41. The van der Waals surface area contributed by atoms with Gasteiger partial charge < -0.3 is 30.4 Å². The van der Waals surface area contributed by atoms with Gasteiger partial charge in [0.05, 0.1) is 50.7 Å². The van der Waals surface area contributed by atoms with Gasteiger partial charge in [0, 0.05) is 14.2 Å². The molecule has 8 heteroatoms. The molecule has 0 aromatic heterocycles. The molecule has 4 atom stereocenters. The summed E-state index contributed by atoms with van der Waals surface area (Å²) in [4.78, 5) is 0. The summed E-state index contributed by atoms with van der Waals surface area (Å²) in [5.41, 5.74) is 11.1. The number of halogens is 2. The van der Waals surface area contributed by atoms with Gasteiger partial charge in [-0.2, -0.15) is 0 Å². The molecular formula is C10H24Cl2N2O4. The van der Waals surface area contributed by atoms with Crippen LogP contribution in [-0.4, -0.2) is 64.9 Å². The van der Waals surface area contributed by atoms with Crippen LogP contribution in [0.1, 0.15) is 0 Å². The lowest BCUT2D eigenvalue weighted by molar-refractivity contribution is 0.0777. The smallest absolute Gasteiger partial charge is 0.0977 e. The lowest BCUT2D eigenvalue weighted by Crippen LogP contribution is -2.34. The number of methoxy groups -OCH3 is 2. The largest absolute Gasteiger partial charge is 0.377 e. The minimum Gasteiger partial charge on any atom is -0.377 e. The third-order valence-electron chi connectivity index (χ3n) is 2.75. The van der Waals surface area contributed by atoms with Crippen molar-refractivity contribution in [3.63, 3.8) is 0 Å². The van der Waals surface area contributed by atoms with Crippen molar-refractivity contribution in [3.05, 3.63) is 0 Å². The van der Waals surface area contributed by atoms with Crippen molar-refractivity contribution < 1.29 is 18.9 Å². The molecule has 2 aliphatic rings. The van der Waals surface area contributed by atoms with Gasteiger partial charge in [0.1, 0.15) is 0 Å². The monoisotopic (exact) mass is 306 g/mol. The second-order valence-corrected chi connectivity index (χ2v) is 3.95. The second kappa shape index (κ2) is 11.2. The van der Waals surface area contributed by atoms with Crippen LogP contribution in [0, 0.1) is 0 Å². The molecule has 18 heavy (non-hydrogen) atoms. The van der Waals surface area contributed by atoms with E-state index in [-0.39, 0.29) is 49.1 Å². The van der Waals surface area contributed by atoms with Crippen molar-refractivity contribution >= 4 is 24.8 Å². The minimum atomic E-state index is 0. The van der Waals surface area contributed by atoms with Crippen molar-refractivity contribution in [1.82, 2.24) is 0 Å². The quantitative estimate of drug-likeness (QED) is 0.719. The Morgan fingerprint density at radius 2 is 1.11 bits per heavy atom. The summed E-state index contributed by atoms with van der Waals surface area (Å²) in [6.45, 7) is 2.58. The highest BCUT2D eigenvalue weighted by Gasteiger charge is 2.24. The Labute approximate surface area is 120 Å². The molecule has 6 nitrogen and oxygen atoms in total. The van der Waals surface area contributed by atoms with E-state index in [4.69, 9.17) is 30.4 Å². The highest BCUT2D eigenvalue weighted by molar-refractivity contribution is 5.85. The van der Waals surface area contributed by atoms with Crippen LogP contribution in [0.4, 0.5) is 0 Å². The van der Waals surface area contributed by atoms with Crippen LogP contribution in [0.15, 0.2) is 0 Å². The van der Waals surface area contributed by atoms with Gasteiger partial charge >= 0.3 is 0 Å². The first kappa shape index (κ1) is 20.7. The molecule has 0 bridgehead atoms. The summed E-state index contributed by atoms with van der Waals surface area (Å²) in [6.07, 6.45) is 0.241. The molecule has 0 saturated carbocycles. The van der Waals surface area contributed by atoms with Crippen molar-refractivity contribution in [2.45, 2.75) is 24.3 Å². The molecule has 0 aromatic carbocycles. The van der Waals surface area contributed by atoms with Gasteiger partial charge in [0.15, 0.2) is 0 Å². The molecule has 4 N–H and O–H groups in total. The number of rotatable bonds is 2. The van der Waals surface area contributed by atoms with Gasteiger partial charge in [0.25, 0.3) is 0 Å². The zero-order valence-electron chi connectivity index (χ0n) is 10.7. The summed E-state index contributed by atoms with van der Waals surface area (Å²) in [5, 5.41) is 0. The fourth-order valence-corrected chi connectivity index (χ4v) is 1.59. The molecule has 0 aromatic rings. The van der Waals surface area contributed by atoms with Crippen LogP contribution in [0.3, 0.4) is 0 Å². The minimum absolute atomic E-state index is 0. The Morgan fingerprint density at radius 3 is 1.22 bits per heavy atom. The predicted octanol–water partition coefficient (Wildman–Crippen LogP) is -0.439. The van der Waals surface area contributed by atoms with Gasteiger partial charge in [-0.3, -0.25) is 0 Å². The van der Waals surface area contributed by atoms with Gasteiger partial charge in [0.2, 0.25) is 0 Å². The summed E-state index contributed by atoms with van der Waals surface area (Å²) < 4.78 is 20.0. The van der Waals surface area contributed by atoms with E-state index < -0.39 is 0 Å². The molecule has 2 rings (SSSR count). The van der Waals surface area contributed by atoms with Gasteiger partial charge in [-0.15, -0.1) is 24.8 Å². The molecule has 0 radical (unpaired) electrons. The fourth-order valence-electron chi connectivity index (χ4n) is 1.59. The van der Waals surface area contributed by atoms with E-state index in [0.717, 1.165) is 0 Å².